The maximum absolute atomic E-state index is 6.02. The molecule has 3 nitrogen and oxygen atoms in total. The molecule has 1 aliphatic heterocycles. The molecule has 2 rings (SSSR count). The van der Waals surface area contributed by atoms with Crippen LogP contribution in [0.5, 0.6) is 5.75 Å². The molecule has 0 aromatic heterocycles. The van der Waals surface area contributed by atoms with Crippen molar-refractivity contribution in [2.45, 2.75) is 18.9 Å². The maximum atomic E-state index is 6.02. The molecular weight excluding hydrogens is 348 g/mol. The number of hydrogen-bond acceptors (Lipinski definition) is 3. The molecule has 2 N–H and O–H groups in total. The number of ether oxygens (including phenoxy) is 1. The smallest absolute Gasteiger partial charge is 0.135 e. The van der Waals surface area contributed by atoms with Gasteiger partial charge in [-0.1, -0.05) is 0 Å². The monoisotopic (exact) mass is 362 g/mol. The molecule has 5 heteroatoms. The van der Waals surface area contributed by atoms with Gasteiger partial charge in [-0.15, -0.1) is 0 Å². The van der Waals surface area contributed by atoms with Gasteiger partial charge in [-0.2, -0.15) is 0 Å². The minimum Gasteiger partial charge on any atom is -0.495 e. The first-order valence-corrected chi connectivity index (χ1v) is 7.24. The van der Waals surface area contributed by atoms with Crippen molar-refractivity contribution < 1.29 is 4.74 Å². The van der Waals surface area contributed by atoms with Crippen molar-refractivity contribution in [1.29, 1.82) is 0 Å². The van der Waals surface area contributed by atoms with Crippen LogP contribution in [-0.2, 0) is 0 Å². The zero-order valence-electron chi connectivity index (χ0n) is 9.75. The second kappa shape index (κ2) is 5.59. The van der Waals surface area contributed by atoms with Crippen LogP contribution >= 0.6 is 31.9 Å². The highest BCUT2D eigenvalue weighted by atomic mass is 79.9. The van der Waals surface area contributed by atoms with Gasteiger partial charge in [0, 0.05) is 29.7 Å². The molecule has 1 heterocycles. The number of methoxy groups -OCH3 is 1. The summed E-state index contributed by atoms with van der Waals surface area (Å²) >= 11 is 7.08. The van der Waals surface area contributed by atoms with E-state index in [0.29, 0.717) is 0 Å². The molecule has 1 aromatic rings. The van der Waals surface area contributed by atoms with Crippen molar-refractivity contribution in [3.05, 3.63) is 21.1 Å². The predicted octanol–water partition coefficient (Wildman–Crippen LogP) is 3.15. The summed E-state index contributed by atoms with van der Waals surface area (Å²) in [6.07, 6.45) is 2.26. The lowest BCUT2D eigenvalue weighted by Crippen LogP contribution is -2.43. The van der Waals surface area contributed by atoms with E-state index >= 15 is 0 Å². The van der Waals surface area contributed by atoms with E-state index in [4.69, 9.17) is 10.5 Å². The molecular formula is C12H16Br2N2O. The molecule has 1 atom stereocenters. The van der Waals surface area contributed by atoms with Gasteiger partial charge in [0.2, 0.25) is 0 Å². The summed E-state index contributed by atoms with van der Waals surface area (Å²) < 4.78 is 7.36. The summed E-state index contributed by atoms with van der Waals surface area (Å²) in [5, 5.41) is 0. The summed E-state index contributed by atoms with van der Waals surface area (Å²) in [7, 11) is 1.68. The zero-order valence-corrected chi connectivity index (χ0v) is 12.9. The highest BCUT2D eigenvalue weighted by molar-refractivity contribution is 9.11. The van der Waals surface area contributed by atoms with E-state index in [2.05, 4.69) is 36.8 Å². The van der Waals surface area contributed by atoms with Crippen molar-refractivity contribution in [3.63, 3.8) is 0 Å². The summed E-state index contributed by atoms with van der Waals surface area (Å²) in [5.41, 5.74) is 7.17. The van der Waals surface area contributed by atoms with Crippen molar-refractivity contribution in [1.82, 2.24) is 0 Å². The first-order chi connectivity index (χ1) is 8.11. The SMILES string of the molecule is COc1cc(N2CCCC(N)C2)c(Br)cc1Br. The van der Waals surface area contributed by atoms with Crippen LogP contribution in [0.4, 0.5) is 5.69 Å². The topological polar surface area (TPSA) is 38.5 Å². The Morgan fingerprint density at radius 1 is 1.35 bits per heavy atom. The normalized spacial score (nSPS) is 20.5. The highest BCUT2D eigenvalue weighted by Gasteiger charge is 2.20. The molecule has 0 amide bonds. The third-order valence-electron chi connectivity index (χ3n) is 3.02. The first-order valence-electron chi connectivity index (χ1n) is 5.65. The van der Waals surface area contributed by atoms with Gasteiger partial charge < -0.3 is 15.4 Å². The predicted molar refractivity (Wildman–Crippen MR) is 77.8 cm³/mol. The average molecular weight is 364 g/mol. The second-order valence-electron chi connectivity index (χ2n) is 4.29. The van der Waals surface area contributed by atoms with Crippen LogP contribution in [0.1, 0.15) is 12.8 Å². The van der Waals surface area contributed by atoms with Crippen LogP contribution in [0.3, 0.4) is 0 Å². The van der Waals surface area contributed by atoms with E-state index in [0.717, 1.165) is 46.3 Å². The van der Waals surface area contributed by atoms with Crippen molar-refractivity contribution in [2.24, 2.45) is 5.73 Å². The summed E-state index contributed by atoms with van der Waals surface area (Å²) in [5.74, 6) is 0.849. The number of nitrogens with two attached hydrogens (primary N) is 1. The number of hydrogen-bond donors (Lipinski definition) is 1. The van der Waals surface area contributed by atoms with Gasteiger partial charge in [-0.3, -0.25) is 0 Å². The first kappa shape index (κ1) is 13.2. The van der Waals surface area contributed by atoms with Gasteiger partial charge in [0.1, 0.15) is 5.75 Å². The van der Waals surface area contributed by atoms with Crippen LogP contribution in [0.15, 0.2) is 21.1 Å². The van der Waals surface area contributed by atoms with E-state index in [1.54, 1.807) is 7.11 Å². The molecule has 1 unspecified atom stereocenters. The zero-order chi connectivity index (χ0) is 12.4. The van der Waals surface area contributed by atoms with Gasteiger partial charge in [0.05, 0.1) is 17.3 Å². The summed E-state index contributed by atoms with van der Waals surface area (Å²) in [4.78, 5) is 2.31. The van der Waals surface area contributed by atoms with Crippen molar-refractivity contribution >= 4 is 37.5 Å². The quantitative estimate of drug-likeness (QED) is 0.877. The molecule has 17 heavy (non-hydrogen) atoms. The fourth-order valence-corrected chi connectivity index (χ4v) is 3.55. The van der Waals surface area contributed by atoms with Crippen molar-refractivity contribution in [3.8, 4) is 5.75 Å². The number of rotatable bonds is 2. The lowest BCUT2D eigenvalue weighted by atomic mass is 10.1. The van der Waals surface area contributed by atoms with Gasteiger partial charge in [-0.25, -0.2) is 0 Å². The van der Waals surface area contributed by atoms with E-state index < -0.39 is 0 Å². The minimum absolute atomic E-state index is 0.269. The summed E-state index contributed by atoms with van der Waals surface area (Å²) in [6.45, 7) is 1.96. The number of halogens is 2. The van der Waals surface area contributed by atoms with E-state index in [1.165, 1.54) is 0 Å². The molecule has 0 saturated carbocycles. The van der Waals surface area contributed by atoms with Gasteiger partial charge in [0.15, 0.2) is 0 Å². The molecule has 1 aliphatic rings. The Balaban J connectivity index is 2.30. The number of anilines is 1. The van der Waals surface area contributed by atoms with Crippen LogP contribution in [0.2, 0.25) is 0 Å². The largest absolute Gasteiger partial charge is 0.495 e. The summed E-state index contributed by atoms with van der Waals surface area (Å²) in [6, 6.07) is 4.34. The minimum atomic E-state index is 0.269. The Kier molecular flexibility index (Phi) is 4.33. The highest BCUT2D eigenvalue weighted by Crippen LogP contribution is 2.37. The van der Waals surface area contributed by atoms with E-state index in [1.807, 2.05) is 12.1 Å². The van der Waals surface area contributed by atoms with Gasteiger partial charge in [-0.05, 0) is 50.8 Å². The molecule has 0 bridgehead atoms. The van der Waals surface area contributed by atoms with Crippen molar-refractivity contribution in [2.75, 3.05) is 25.1 Å². The van der Waals surface area contributed by atoms with Crippen LogP contribution < -0.4 is 15.4 Å². The molecule has 0 spiro atoms. The second-order valence-corrected chi connectivity index (χ2v) is 6.00. The Morgan fingerprint density at radius 3 is 2.76 bits per heavy atom. The molecule has 94 valence electrons. The fourth-order valence-electron chi connectivity index (χ4n) is 2.15. The third-order valence-corrected chi connectivity index (χ3v) is 4.27. The molecule has 1 saturated heterocycles. The average Bonchev–Trinajstić information content (AvgIpc) is 2.29. The number of piperidine rings is 1. The molecule has 1 aromatic carbocycles. The molecule has 1 fully saturated rings. The maximum Gasteiger partial charge on any atom is 0.135 e. The number of nitrogens with zero attached hydrogens (tertiary/aromatic N) is 1. The lowest BCUT2D eigenvalue weighted by Gasteiger charge is -2.33. The fraction of sp³-hybridized carbons (Fsp3) is 0.500. The lowest BCUT2D eigenvalue weighted by molar-refractivity contribution is 0.411. The van der Waals surface area contributed by atoms with Crippen LogP contribution in [-0.4, -0.2) is 26.2 Å². The van der Waals surface area contributed by atoms with Gasteiger partial charge >= 0.3 is 0 Å². The van der Waals surface area contributed by atoms with E-state index in [9.17, 15) is 0 Å². The Labute approximate surface area is 119 Å². The van der Waals surface area contributed by atoms with E-state index in [-0.39, 0.29) is 6.04 Å². The molecule has 0 aliphatic carbocycles. The number of benzene rings is 1. The Hall–Kier alpha value is -0.260. The van der Waals surface area contributed by atoms with Crippen LogP contribution in [0, 0.1) is 0 Å². The van der Waals surface area contributed by atoms with Gasteiger partial charge in [0.25, 0.3) is 0 Å². The third kappa shape index (κ3) is 2.95. The standard InChI is InChI=1S/C12H16Br2N2O/c1-17-12-6-11(9(13)5-10(12)14)16-4-2-3-8(15)7-16/h5-6,8H,2-4,7,15H2,1H3. The molecule has 0 radical (unpaired) electrons. The van der Waals surface area contributed by atoms with Crippen LogP contribution in [0.25, 0.3) is 0 Å². The Bertz CT molecular complexity index is 412. The Morgan fingerprint density at radius 2 is 2.12 bits per heavy atom.